The summed E-state index contributed by atoms with van der Waals surface area (Å²) in [4.78, 5) is 14.2. The summed E-state index contributed by atoms with van der Waals surface area (Å²) < 4.78 is 11.1. The Bertz CT molecular complexity index is 647. The zero-order valence-corrected chi connectivity index (χ0v) is 14.0. The number of nitrogens with zero attached hydrogens (tertiary/aromatic N) is 2. The van der Waals surface area contributed by atoms with Crippen LogP contribution in [0.15, 0.2) is 18.2 Å². The molecule has 0 bridgehead atoms. The number of hydrogen-bond acceptors (Lipinski definition) is 5. The standard InChI is InChI=1S/C18H23N3O3/c1-21(12-17(22)20-18(13-19)6-2-3-7-18)11-14-4-5-15-16(10-14)24-9-8-23-15/h4-5,10H,2-3,6-9,11-12H2,1H3,(H,20,22). The Balaban J connectivity index is 1.54. The molecule has 1 amide bonds. The summed E-state index contributed by atoms with van der Waals surface area (Å²) in [7, 11) is 1.89. The first-order valence-corrected chi connectivity index (χ1v) is 8.40. The van der Waals surface area contributed by atoms with Crippen LogP contribution >= 0.6 is 0 Å². The van der Waals surface area contributed by atoms with Crippen LogP contribution in [0.2, 0.25) is 0 Å². The van der Waals surface area contributed by atoms with Crippen LogP contribution in [0.25, 0.3) is 0 Å². The summed E-state index contributed by atoms with van der Waals surface area (Å²) >= 11 is 0. The van der Waals surface area contributed by atoms with Gasteiger partial charge in [0.1, 0.15) is 18.8 Å². The first-order valence-electron chi connectivity index (χ1n) is 8.40. The molecule has 6 heteroatoms. The van der Waals surface area contributed by atoms with Crippen LogP contribution in [0.1, 0.15) is 31.2 Å². The lowest BCUT2D eigenvalue weighted by molar-refractivity contribution is -0.123. The highest BCUT2D eigenvalue weighted by Crippen LogP contribution is 2.31. The van der Waals surface area contributed by atoms with E-state index >= 15 is 0 Å². The number of ether oxygens (including phenoxy) is 2. The van der Waals surface area contributed by atoms with Gasteiger partial charge in [-0.05, 0) is 50.4 Å². The van der Waals surface area contributed by atoms with E-state index in [1.807, 2.05) is 30.1 Å². The summed E-state index contributed by atoms with van der Waals surface area (Å²) in [5.41, 5.74) is 0.403. The van der Waals surface area contributed by atoms with Crippen LogP contribution in [-0.4, -0.2) is 43.2 Å². The van der Waals surface area contributed by atoms with E-state index < -0.39 is 5.54 Å². The number of likely N-dealkylation sites (N-methyl/N-ethyl adjacent to an activating group) is 1. The molecule has 0 aromatic heterocycles. The van der Waals surface area contributed by atoms with Crippen molar-refractivity contribution in [2.45, 2.75) is 37.8 Å². The van der Waals surface area contributed by atoms with Crippen molar-refractivity contribution >= 4 is 5.91 Å². The van der Waals surface area contributed by atoms with Gasteiger partial charge in [-0.25, -0.2) is 0 Å². The molecular formula is C18H23N3O3. The van der Waals surface area contributed by atoms with Gasteiger partial charge < -0.3 is 14.8 Å². The quantitative estimate of drug-likeness (QED) is 0.892. The number of carbonyl (C=O) groups is 1. The van der Waals surface area contributed by atoms with Crippen molar-refractivity contribution in [1.29, 1.82) is 5.26 Å². The van der Waals surface area contributed by atoms with E-state index in [2.05, 4.69) is 11.4 Å². The minimum Gasteiger partial charge on any atom is -0.486 e. The van der Waals surface area contributed by atoms with E-state index in [0.717, 1.165) is 42.7 Å². The van der Waals surface area contributed by atoms with Crippen LogP contribution in [0.3, 0.4) is 0 Å². The van der Waals surface area contributed by atoms with Gasteiger partial charge in [-0.1, -0.05) is 6.07 Å². The van der Waals surface area contributed by atoms with Crippen LogP contribution in [0, 0.1) is 11.3 Å². The Morgan fingerprint density at radius 2 is 2.00 bits per heavy atom. The molecule has 1 saturated carbocycles. The molecule has 128 valence electrons. The van der Waals surface area contributed by atoms with E-state index in [1.54, 1.807) is 0 Å². The zero-order valence-electron chi connectivity index (χ0n) is 14.0. The predicted octanol–water partition coefficient (Wildman–Crippen LogP) is 1.84. The van der Waals surface area contributed by atoms with Crippen LogP contribution in [0.5, 0.6) is 11.5 Å². The van der Waals surface area contributed by atoms with Crippen LogP contribution in [-0.2, 0) is 11.3 Å². The number of amides is 1. The number of hydrogen-bond donors (Lipinski definition) is 1. The fraction of sp³-hybridized carbons (Fsp3) is 0.556. The van der Waals surface area contributed by atoms with Gasteiger partial charge in [0.15, 0.2) is 11.5 Å². The monoisotopic (exact) mass is 329 g/mol. The van der Waals surface area contributed by atoms with Gasteiger partial charge in [0.25, 0.3) is 0 Å². The Hall–Kier alpha value is -2.26. The SMILES string of the molecule is CN(CC(=O)NC1(C#N)CCCC1)Cc1ccc2c(c1)OCCO2. The van der Waals surface area contributed by atoms with Crippen molar-refractivity contribution in [2.24, 2.45) is 0 Å². The average Bonchev–Trinajstić information content (AvgIpc) is 3.03. The smallest absolute Gasteiger partial charge is 0.235 e. The number of fused-ring (bicyclic) bond motifs is 1. The Kier molecular flexibility index (Phi) is 4.91. The van der Waals surface area contributed by atoms with Gasteiger partial charge in [-0.3, -0.25) is 9.69 Å². The largest absolute Gasteiger partial charge is 0.486 e. The molecule has 24 heavy (non-hydrogen) atoms. The van der Waals surface area contributed by atoms with Gasteiger partial charge in [0.2, 0.25) is 5.91 Å². The third kappa shape index (κ3) is 3.80. The lowest BCUT2D eigenvalue weighted by Crippen LogP contribution is -2.48. The van der Waals surface area contributed by atoms with E-state index in [4.69, 9.17) is 9.47 Å². The number of carbonyl (C=O) groups excluding carboxylic acids is 1. The summed E-state index contributed by atoms with van der Waals surface area (Å²) in [6, 6.07) is 8.13. The molecule has 0 saturated heterocycles. The predicted molar refractivity (Wildman–Crippen MR) is 88.7 cm³/mol. The van der Waals surface area contributed by atoms with Crippen molar-refractivity contribution in [3.63, 3.8) is 0 Å². The molecule has 1 heterocycles. The van der Waals surface area contributed by atoms with Crippen LogP contribution < -0.4 is 14.8 Å². The molecule has 0 atom stereocenters. The van der Waals surface area contributed by atoms with E-state index in [-0.39, 0.29) is 12.5 Å². The van der Waals surface area contributed by atoms with Crippen molar-refractivity contribution in [3.05, 3.63) is 23.8 Å². The van der Waals surface area contributed by atoms with Crippen molar-refractivity contribution in [1.82, 2.24) is 10.2 Å². The maximum atomic E-state index is 12.2. The molecule has 1 aliphatic heterocycles. The second kappa shape index (κ2) is 7.10. The highest BCUT2D eigenvalue weighted by atomic mass is 16.6. The molecule has 1 aromatic carbocycles. The van der Waals surface area contributed by atoms with Gasteiger partial charge in [-0.15, -0.1) is 0 Å². The molecule has 0 spiro atoms. The zero-order chi connectivity index (χ0) is 17.0. The van der Waals surface area contributed by atoms with Crippen LogP contribution in [0.4, 0.5) is 0 Å². The minimum absolute atomic E-state index is 0.0986. The minimum atomic E-state index is -0.658. The first-order chi connectivity index (χ1) is 11.6. The maximum Gasteiger partial charge on any atom is 0.235 e. The first kappa shape index (κ1) is 16.6. The van der Waals surface area contributed by atoms with Crippen molar-refractivity contribution < 1.29 is 14.3 Å². The number of nitrogens with one attached hydrogen (secondary N) is 1. The Morgan fingerprint density at radius 1 is 1.29 bits per heavy atom. The summed E-state index contributed by atoms with van der Waals surface area (Å²) in [5.74, 6) is 1.42. The van der Waals surface area contributed by atoms with E-state index in [9.17, 15) is 10.1 Å². The Labute approximate surface area is 142 Å². The molecule has 1 aliphatic carbocycles. The normalized spacial score (nSPS) is 18.2. The fourth-order valence-corrected chi connectivity index (χ4v) is 3.35. The molecule has 0 radical (unpaired) electrons. The third-order valence-corrected chi connectivity index (χ3v) is 4.52. The molecule has 1 aromatic rings. The maximum absolute atomic E-state index is 12.2. The molecule has 3 rings (SSSR count). The molecular weight excluding hydrogens is 306 g/mol. The highest BCUT2D eigenvalue weighted by Gasteiger charge is 2.35. The van der Waals surface area contributed by atoms with E-state index in [1.165, 1.54) is 0 Å². The summed E-state index contributed by atoms with van der Waals surface area (Å²) in [6.45, 7) is 2.03. The topological polar surface area (TPSA) is 74.6 Å². The number of benzene rings is 1. The Morgan fingerprint density at radius 3 is 2.71 bits per heavy atom. The lowest BCUT2D eigenvalue weighted by Gasteiger charge is -2.24. The number of rotatable bonds is 5. The molecule has 6 nitrogen and oxygen atoms in total. The van der Waals surface area contributed by atoms with E-state index in [0.29, 0.717) is 19.8 Å². The van der Waals surface area contributed by atoms with Gasteiger partial charge >= 0.3 is 0 Å². The van der Waals surface area contributed by atoms with Gasteiger partial charge in [-0.2, -0.15) is 5.26 Å². The summed E-state index contributed by atoms with van der Waals surface area (Å²) in [5, 5.41) is 12.3. The van der Waals surface area contributed by atoms with Crippen molar-refractivity contribution in [3.8, 4) is 17.6 Å². The second-order valence-corrected chi connectivity index (χ2v) is 6.60. The van der Waals surface area contributed by atoms with Gasteiger partial charge in [0.05, 0.1) is 12.6 Å². The highest BCUT2D eigenvalue weighted by molar-refractivity contribution is 5.79. The molecule has 0 unspecified atom stereocenters. The molecule has 2 aliphatic rings. The lowest BCUT2D eigenvalue weighted by atomic mass is 10.00. The third-order valence-electron chi connectivity index (χ3n) is 4.52. The van der Waals surface area contributed by atoms with Gasteiger partial charge in [0, 0.05) is 6.54 Å². The fourth-order valence-electron chi connectivity index (χ4n) is 3.35. The molecule has 1 fully saturated rings. The molecule has 1 N–H and O–H groups in total. The average molecular weight is 329 g/mol. The van der Waals surface area contributed by atoms with Crippen molar-refractivity contribution in [2.75, 3.05) is 26.8 Å². The summed E-state index contributed by atoms with van der Waals surface area (Å²) in [6.07, 6.45) is 3.50. The second-order valence-electron chi connectivity index (χ2n) is 6.60. The number of nitriles is 1.